The number of hydrogen-bond acceptors (Lipinski definition) is 9. The number of ether oxygens (including phenoxy) is 4. The van der Waals surface area contributed by atoms with Crippen LogP contribution in [0.25, 0.3) is 11.1 Å². The Morgan fingerprint density at radius 3 is 2.37 bits per heavy atom. The zero-order valence-corrected chi connectivity index (χ0v) is 31.7. The quantitative estimate of drug-likeness (QED) is 0.0804. The third kappa shape index (κ3) is 8.06. The molecule has 1 heterocycles. The van der Waals surface area contributed by atoms with Crippen LogP contribution in [-0.2, 0) is 14.3 Å². The van der Waals surface area contributed by atoms with Gasteiger partial charge in [-0.15, -0.1) is 6.58 Å². The number of hydrogen-bond donors (Lipinski definition) is 2. The number of amides is 1. The van der Waals surface area contributed by atoms with Gasteiger partial charge in [0.1, 0.15) is 30.4 Å². The lowest BCUT2D eigenvalue weighted by atomic mass is 9.55. The number of aliphatic hydroxyl groups excluding tert-OH is 2. The van der Waals surface area contributed by atoms with Gasteiger partial charge in [-0.25, -0.2) is 4.79 Å². The summed E-state index contributed by atoms with van der Waals surface area (Å²) >= 11 is 0. The number of oxime groups is 1. The number of rotatable bonds is 17. The van der Waals surface area contributed by atoms with Gasteiger partial charge in [0, 0.05) is 38.2 Å². The highest BCUT2D eigenvalue weighted by Gasteiger charge is 2.65. The van der Waals surface area contributed by atoms with Gasteiger partial charge in [0.2, 0.25) is 5.79 Å². The minimum atomic E-state index is -1.33. The molecule has 6 rings (SSSR count). The van der Waals surface area contributed by atoms with Gasteiger partial charge in [-0.1, -0.05) is 72.6 Å². The molecule has 0 saturated heterocycles. The number of unbranched alkanes of at least 4 members (excludes halogenated alkanes) is 2. The Morgan fingerprint density at radius 2 is 1.69 bits per heavy atom. The number of carbonyl (C=O) groups excluding carboxylic acids is 1. The van der Waals surface area contributed by atoms with Crippen molar-refractivity contribution in [3.63, 3.8) is 0 Å². The molecule has 0 spiro atoms. The van der Waals surface area contributed by atoms with Crippen LogP contribution in [0.5, 0.6) is 17.2 Å². The van der Waals surface area contributed by atoms with Crippen LogP contribution in [0, 0.1) is 17.8 Å². The van der Waals surface area contributed by atoms with E-state index in [0.29, 0.717) is 36.5 Å². The molecule has 1 aliphatic heterocycles. The van der Waals surface area contributed by atoms with Crippen LogP contribution in [0.15, 0.2) is 102 Å². The van der Waals surface area contributed by atoms with E-state index in [0.717, 1.165) is 53.7 Å². The highest BCUT2D eigenvalue weighted by molar-refractivity contribution is 6.02. The minimum Gasteiger partial charge on any atom is -0.459 e. The topological polar surface area (TPSA) is 119 Å². The van der Waals surface area contributed by atoms with E-state index in [4.69, 9.17) is 23.8 Å². The van der Waals surface area contributed by atoms with Gasteiger partial charge in [-0.3, -0.25) is 0 Å². The maximum Gasteiger partial charge on any atom is 0.409 e. The highest BCUT2D eigenvalue weighted by Crippen LogP contribution is 2.62. The Morgan fingerprint density at radius 1 is 0.981 bits per heavy atom. The van der Waals surface area contributed by atoms with E-state index >= 15 is 0 Å². The fourth-order valence-corrected chi connectivity index (χ4v) is 8.74. The van der Waals surface area contributed by atoms with E-state index in [-0.39, 0.29) is 44.2 Å². The molecule has 3 aliphatic rings. The van der Waals surface area contributed by atoms with Crippen molar-refractivity contribution in [2.75, 3.05) is 40.6 Å². The van der Waals surface area contributed by atoms with Crippen molar-refractivity contribution in [3.8, 4) is 28.4 Å². The van der Waals surface area contributed by atoms with Crippen LogP contribution >= 0.6 is 0 Å². The Bertz CT molecular complexity index is 1780. The molecule has 0 unspecified atom stereocenters. The van der Waals surface area contributed by atoms with Crippen LogP contribution in [0.3, 0.4) is 0 Å². The molecular weight excluding hydrogens is 684 g/mol. The summed E-state index contributed by atoms with van der Waals surface area (Å²) in [5, 5.41) is 24.2. The zero-order valence-electron chi connectivity index (χ0n) is 31.7. The molecule has 288 valence electrons. The number of likely N-dealkylation sites (N-methyl/N-ethyl adjacent to an activating group) is 1. The summed E-state index contributed by atoms with van der Waals surface area (Å²) in [6.45, 7) is 6.39. The van der Waals surface area contributed by atoms with Crippen molar-refractivity contribution in [2.24, 2.45) is 22.9 Å². The lowest BCUT2D eigenvalue weighted by Crippen LogP contribution is -2.69. The van der Waals surface area contributed by atoms with Crippen LogP contribution in [0.1, 0.15) is 63.4 Å². The monoisotopic (exact) mass is 738 g/mol. The summed E-state index contributed by atoms with van der Waals surface area (Å²) in [6, 6.07) is 23.6. The summed E-state index contributed by atoms with van der Waals surface area (Å²) in [7, 11) is 3.25. The molecule has 3 aromatic rings. The number of aliphatic hydroxyl groups is 2. The van der Waals surface area contributed by atoms with E-state index in [9.17, 15) is 15.0 Å². The minimum absolute atomic E-state index is 0.106. The average Bonchev–Trinajstić information content (AvgIpc) is 3.19. The van der Waals surface area contributed by atoms with Gasteiger partial charge in [-0.2, -0.15) is 0 Å². The third-order valence-electron chi connectivity index (χ3n) is 11.1. The fraction of sp³-hybridized carbons (Fsp3) is 0.455. The molecule has 2 aliphatic carbocycles. The Kier molecular flexibility index (Phi) is 13.1. The molecule has 2 N–H and O–H groups in total. The Balaban J connectivity index is 1.50. The number of nitrogens with zero attached hydrogens (tertiary/aromatic N) is 2. The summed E-state index contributed by atoms with van der Waals surface area (Å²) in [6.07, 6.45) is 8.61. The lowest BCUT2D eigenvalue weighted by Gasteiger charge is -2.59. The van der Waals surface area contributed by atoms with Gasteiger partial charge in [0.05, 0.1) is 24.8 Å². The second kappa shape index (κ2) is 18.1. The summed E-state index contributed by atoms with van der Waals surface area (Å²) < 4.78 is 26.0. The first kappa shape index (κ1) is 39.1. The van der Waals surface area contributed by atoms with Crippen LogP contribution in [0.2, 0.25) is 0 Å². The standard InChI is InChI=1S/C44H54N2O8/c1-5-26-52-44-40(46(3)43(49)51-6-2)29-38(45-50-4)36-27-32(16-10-12-24-47)35(17-11-13-25-48)41(42(36)44)37-28-34(22-23-39(37)54-44)53-33-20-18-31(19-21-33)30-14-8-7-9-15-30/h5,7-9,14-15,18-23,27-28,32,35,40-42,47-48H,1,6,10-13,16-17,24-26,29H2,2-4H3/t32-,35+,40-,41+,42+,44+/m0/s1. The maximum absolute atomic E-state index is 13.5. The third-order valence-corrected chi connectivity index (χ3v) is 11.1. The molecule has 10 nitrogen and oxygen atoms in total. The molecular formula is C44H54N2O8. The molecule has 1 amide bonds. The fourth-order valence-electron chi connectivity index (χ4n) is 8.74. The van der Waals surface area contributed by atoms with Gasteiger partial charge in [0.15, 0.2) is 0 Å². The number of allylic oxidation sites excluding steroid dienone is 1. The molecule has 3 aromatic carbocycles. The molecule has 6 atom stereocenters. The molecule has 10 heteroatoms. The van der Waals surface area contributed by atoms with Crippen LogP contribution in [-0.4, -0.2) is 79.3 Å². The SMILES string of the molecule is C=CCO[C@@]12Oc3ccc(Oc4ccc(-c5ccccc5)cc4)cc3[C@H]3[C@H](CCCCO)[C@@H](CCCCO)C=C(C(=NOC)C[C@@H]1N(C)C(=O)OCC)[C@H]32. The molecule has 1 fully saturated rings. The summed E-state index contributed by atoms with van der Waals surface area (Å²) in [4.78, 5) is 20.5. The first-order chi connectivity index (χ1) is 26.4. The van der Waals surface area contributed by atoms with Gasteiger partial charge in [0.25, 0.3) is 0 Å². The van der Waals surface area contributed by atoms with Crippen molar-refractivity contribution in [2.45, 2.75) is 69.6 Å². The normalized spacial score (nSPS) is 24.7. The molecule has 0 bridgehead atoms. The highest BCUT2D eigenvalue weighted by atomic mass is 16.7. The van der Waals surface area contributed by atoms with Crippen molar-refractivity contribution in [1.82, 2.24) is 4.90 Å². The first-order valence-electron chi connectivity index (χ1n) is 19.2. The lowest BCUT2D eigenvalue weighted by molar-refractivity contribution is -0.253. The second-order valence-electron chi connectivity index (χ2n) is 14.3. The maximum atomic E-state index is 13.5. The van der Waals surface area contributed by atoms with E-state index in [2.05, 4.69) is 48.1 Å². The van der Waals surface area contributed by atoms with Gasteiger partial charge in [-0.05, 0) is 91.5 Å². The zero-order chi connectivity index (χ0) is 38.1. The predicted molar refractivity (Wildman–Crippen MR) is 209 cm³/mol. The van der Waals surface area contributed by atoms with Crippen molar-refractivity contribution < 1.29 is 38.8 Å². The van der Waals surface area contributed by atoms with E-state index in [1.807, 2.05) is 42.5 Å². The number of benzene rings is 3. The van der Waals surface area contributed by atoms with E-state index in [1.54, 1.807) is 24.9 Å². The van der Waals surface area contributed by atoms with Gasteiger partial charge >= 0.3 is 6.09 Å². The molecule has 1 saturated carbocycles. The molecule has 0 radical (unpaired) electrons. The van der Waals surface area contributed by atoms with Crippen molar-refractivity contribution in [3.05, 3.63) is 103 Å². The second-order valence-corrected chi connectivity index (χ2v) is 14.3. The number of carbonyl (C=O) groups is 1. The Labute approximate surface area is 319 Å². The summed E-state index contributed by atoms with van der Waals surface area (Å²) in [5.74, 6) is 0.401. The van der Waals surface area contributed by atoms with Crippen LogP contribution < -0.4 is 9.47 Å². The van der Waals surface area contributed by atoms with Crippen LogP contribution in [0.4, 0.5) is 4.79 Å². The molecule has 54 heavy (non-hydrogen) atoms. The Hall–Kier alpha value is -4.64. The summed E-state index contributed by atoms with van der Waals surface area (Å²) in [5.41, 5.74) is 4.92. The van der Waals surface area contributed by atoms with Crippen molar-refractivity contribution >= 4 is 11.8 Å². The largest absolute Gasteiger partial charge is 0.459 e. The van der Waals surface area contributed by atoms with E-state index in [1.165, 1.54) is 7.11 Å². The average molecular weight is 739 g/mol. The van der Waals surface area contributed by atoms with Crippen molar-refractivity contribution in [1.29, 1.82) is 0 Å². The van der Waals surface area contributed by atoms with E-state index < -0.39 is 23.8 Å². The van der Waals surface area contributed by atoms with Gasteiger partial charge < -0.3 is 38.9 Å². The first-order valence-corrected chi connectivity index (χ1v) is 19.2. The smallest absolute Gasteiger partial charge is 0.409 e. The number of fused-ring (bicyclic) bond motifs is 2. The predicted octanol–water partition coefficient (Wildman–Crippen LogP) is 8.50. The molecule has 0 aromatic heterocycles.